The second-order valence-corrected chi connectivity index (χ2v) is 10.1. The first-order valence-electron chi connectivity index (χ1n) is 12.8. The topological polar surface area (TPSA) is 79.7 Å². The summed E-state index contributed by atoms with van der Waals surface area (Å²) in [5.74, 6) is -1.13. The fraction of sp³-hybridized carbons (Fsp3) is 0.258. The van der Waals surface area contributed by atoms with Crippen LogP contribution >= 0.6 is 23.2 Å². The summed E-state index contributed by atoms with van der Waals surface area (Å²) in [7, 11) is 1.61. The van der Waals surface area contributed by atoms with E-state index < -0.39 is 24.0 Å². The van der Waals surface area contributed by atoms with Gasteiger partial charge in [-0.1, -0.05) is 59.1 Å². The molecule has 0 saturated heterocycles. The summed E-state index contributed by atoms with van der Waals surface area (Å²) in [5, 5.41) is 5.74. The minimum atomic E-state index is -1.04. The van der Waals surface area contributed by atoms with Gasteiger partial charge in [-0.25, -0.2) is 9.48 Å². The van der Waals surface area contributed by atoms with Crippen LogP contribution in [0.5, 0.6) is 5.75 Å². The van der Waals surface area contributed by atoms with Gasteiger partial charge in [-0.05, 0) is 68.8 Å². The summed E-state index contributed by atoms with van der Waals surface area (Å²) in [6.07, 6.45) is -0.807. The summed E-state index contributed by atoms with van der Waals surface area (Å²) in [6.45, 7) is 5.35. The lowest BCUT2D eigenvalue weighted by atomic mass is 9.93. The Morgan fingerprint density at radius 3 is 2.35 bits per heavy atom. The molecule has 1 heterocycles. The number of benzene rings is 3. The largest absolute Gasteiger partial charge is 0.497 e. The molecular formula is C31H30Cl2N2O5. The Morgan fingerprint density at radius 2 is 1.70 bits per heavy atom. The van der Waals surface area contributed by atoms with E-state index in [1.54, 1.807) is 30.8 Å². The molecule has 3 aromatic carbocycles. The lowest BCUT2D eigenvalue weighted by Crippen LogP contribution is -2.29. The molecular weight excluding hydrogens is 551 g/mol. The minimum Gasteiger partial charge on any atom is -0.497 e. The van der Waals surface area contributed by atoms with Crippen LogP contribution < -0.4 is 4.74 Å². The number of aryl methyl sites for hydroxylation is 1. The Balaban J connectivity index is 1.75. The predicted octanol–water partition coefficient (Wildman–Crippen LogP) is 6.98. The van der Waals surface area contributed by atoms with Crippen molar-refractivity contribution in [2.75, 3.05) is 13.7 Å². The average molecular weight is 581 g/mol. The maximum absolute atomic E-state index is 13.5. The van der Waals surface area contributed by atoms with E-state index in [1.807, 2.05) is 67.6 Å². The van der Waals surface area contributed by atoms with Gasteiger partial charge in [0.1, 0.15) is 5.75 Å². The molecule has 0 spiro atoms. The van der Waals surface area contributed by atoms with E-state index in [2.05, 4.69) is 0 Å². The number of methoxy groups -OCH3 is 1. The second-order valence-electron chi connectivity index (χ2n) is 9.26. The van der Waals surface area contributed by atoms with Gasteiger partial charge in [-0.3, -0.25) is 4.79 Å². The molecule has 7 nitrogen and oxygen atoms in total. The van der Waals surface area contributed by atoms with Crippen molar-refractivity contribution in [1.82, 2.24) is 9.78 Å². The van der Waals surface area contributed by atoms with Crippen molar-refractivity contribution in [2.24, 2.45) is 0 Å². The van der Waals surface area contributed by atoms with Crippen molar-refractivity contribution in [3.63, 3.8) is 0 Å². The van der Waals surface area contributed by atoms with Gasteiger partial charge in [0, 0.05) is 12.0 Å². The van der Waals surface area contributed by atoms with Crippen molar-refractivity contribution in [3.05, 3.63) is 99.7 Å². The Labute approximate surface area is 243 Å². The minimum absolute atomic E-state index is 0.197. The average Bonchev–Trinajstić information content (AvgIpc) is 3.37. The first kappa shape index (κ1) is 29.2. The molecule has 0 saturated carbocycles. The van der Waals surface area contributed by atoms with Crippen LogP contribution in [0.3, 0.4) is 0 Å². The van der Waals surface area contributed by atoms with E-state index in [0.717, 1.165) is 28.1 Å². The summed E-state index contributed by atoms with van der Waals surface area (Å²) < 4.78 is 17.7. The number of aromatic nitrogens is 2. The van der Waals surface area contributed by atoms with Crippen molar-refractivity contribution >= 4 is 35.1 Å². The normalized spacial score (nSPS) is 12.4. The SMILES string of the molecule is CCOC(=O)C(C)OC(=O)C(Cc1cc(-c2ccc(Cl)c(Cl)c2)n(-c2ccc(OC)cc2)n1)c1cccc(C)c1. The summed E-state index contributed by atoms with van der Waals surface area (Å²) in [4.78, 5) is 25.6. The Morgan fingerprint density at radius 1 is 0.950 bits per heavy atom. The zero-order valence-corrected chi connectivity index (χ0v) is 24.2. The van der Waals surface area contributed by atoms with Crippen LogP contribution in [0.25, 0.3) is 16.9 Å². The number of ether oxygens (including phenoxy) is 3. The van der Waals surface area contributed by atoms with Crippen LogP contribution in [0.4, 0.5) is 0 Å². The van der Waals surface area contributed by atoms with Gasteiger partial charge in [0.15, 0.2) is 6.10 Å². The van der Waals surface area contributed by atoms with E-state index in [4.69, 9.17) is 42.5 Å². The maximum atomic E-state index is 13.5. The van der Waals surface area contributed by atoms with E-state index >= 15 is 0 Å². The predicted molar refractivity (Wildman–Crippen MR) is 155 cm³/mol. The number of carbonyl (C=O) groups is 2. The number of rotatable bonds is 10. The third-order valence-electron chi connectivity index (χ3n) is 6.35. The van der Waals surface area contributed by atoms with Gasteiger partial charge < -0.3 is 14.2 Å². The molecule has 4 rings (SSSR count). The summed E-state index contributed by atoms with van der Waals surface area (Å²) >= 11 is 12.5. The molecule has 40 heavy (non-hydrogen) atoms. The van der Waals surface area contributed by atoms with Crippen LogP contribution in [-0.2, 0) is 25.5 Å². The zero-order chi connectivity index (χ0) is 28.8. The zero-order valence-electron chi connectivity index (χ0n) is 22.7. The molecule has 0 fully saturated rings. The highest BCUT2D eigenvalue weighted by molar-refractivity contribution is 6.42. The summed E-state index contributed by atoms with van der Waals surface area (Å²) in [6, 6.07) is 22.4. The first-order chi connectivity index (χ1) is 19.2. The molecule has 2 unspecified atom stereocenters. The Kier molecular flexibility index (Phi) is 9.50. The monoisotopic (exact) mass is 580 g/mol. The van der Waals surface area contributed by atoms with Crippen LogP contribution in [0.2, 0.25) is 10.0 Å². The molecule has 0 aliphatic rings. The third kappa shape index (κ3) is 6.84. The molecule has 1 aromatic heterocycles. The van der Waals surface area contributed by atoms with Crippen LogP contribution in [-0.4, -0.2) is 41.5 Å². The van der Waals surface area contributed by atoms with Crippen molar-refractivity contribution in [3.8, 4) is 22.7 Å². The smallest absolute Gasteiger partial charge is 0.347 e. The van der Waals surface area contributed by atoms with Crippen molar-refractivity contribution < 1.29 is 23.8 Å². The number of halogens is 2. The molecule has 9 heteroatoms. The second kappa shape index (κ2) is 13.0. The first-order valence-corrected chi connectivity index (χ1v) is 13.6. The quantitative estimate of drug-likeness (QED) is 0.188. The van der Waals surface area contributed by atoms with E-state index in [9.17, 15) is 9.59 Å². The molecule has 0 aliphatic carbocycles. The van der Waals surface area contributed by atoms with E-state index in [1.165, 1.54) is 6.92 Å². The third-order valence-corrected chi connectivity index (χ3v) is 7.09. The maximum Gasteiger partial charge on any atom is 0.347 e. The highest BCUT2D eigenvalue weighted by atomic mass is 35.5. The number of hydrogen-bond acceptors (Lipinski definition) is 6. The van der Waals surface area contributed by atoms with Gasteiger partial charge in [-0.2, -0.15) is 5.10 Å². The highest BCUT2D eigenvalue weighted by Crippen LogP contribution is 2.32. The van der Waals surface area contributed by atoms with Gasteiger partial charge in [-0.15, -0.1) is 0 Å². The van der Waals surface area contributed by atoms with Gasteiger partial charge >= 0.3 is 11.9 Å². The highest BCUT2D eigenvalue weighted by Gasteiger charge is 2.29. The lowest BCUT2D eigenvalue weighted by molar-refractivity contribution is -0.167. The lowest BCUT2D eigenvalue weighted by Gasteiger charge is -2.19. The summed E-state index contributed by atoms with van der Waals surface area (Å²) in [5.41, 5.74) is 4.75. The van der Waals surface area contributed by atoms with Crippen LogP contribution in [0, 0.1) is 6.92 Å². The molecule has 208 valence electrons. The Bertz CT molecular complexity index is 1500. The van der Waals surface area contributed by atoms with Gasteiger partial charge in [0.2, 0.25) is 0 Å². The van der Waals surface area contributed by atoms with E-state index in [-0.39, 0.29) is 13.0 Å². The fourth-order valence-electron chi connectivity index (χ4n) is 4.31. The molecule has 0 aliphatic heterocycles. The number of nitrogens with zero attached hydrogens (tertiary/aromatic N) is 2. The molecule has 0 bridgehead atoms. The van der Waals surface area contributed by atoms with Crippen LogP contribution in [0.15, 0.2) is 72.8 Å². The number of esters is 2. The fourth-order valence-corrected chi connectivity index (χ4v) is 4.61. The van der Waals surface area contributed by atoms with Crippen LogP contribution in [0.1, 0.15) is 36.6 Å². The number of hydrogen-bond donors (Lipinski definition) is 0. The standard InChI is InChI=1S/C31H30Cl2N2O5/c1-5-39-30(36)20(3)40-31(37)26(21-8-6-7-19(2)15-21)17-23-18-29(22-9-14-27(32)28(33)16-22)35(34-23)24-10-12-25(38-4)13-11-24/h6-16,18,20,26H,5,17H2,1-4H3. The van der Waals surface area contributed by atoms with E-state index in [0.29, 0.717) is 21.5 Å². The molecule has 0 radical (unpaired) electrons. The van der Waals surface area contributed by atoms with Crippen molar-refractivity contribution in [2.45, 2.75) is 39.2 Å². The molecule has 0 N–H and O–H groups in total. The molecule has 2 atom stereocenters. The molecule has 4 aromatic rings. The Hall–Kier alpha value is -3.81. The van der Waals surface area contributed by atoms with Gasteiger partial charge in [0.25, 0.3) is 0 Å². The van der Waals surface area contributed by atoms with Crippen molar-refractivity contribution in [1.29, 1.82) is 0 Å². The molecule has 0 amide bonds. The van der Waals surface area contributed by atoms with Gasteiger partial charge in [0.05, 0.1) is 46.8 Å². The number of carbonyl (C=O) groups excluding carboxylic acids is 2.